The lowest BCUT2D eigenvalue weighted by atomic mass is 9.94. The van der Waals surface area contributed by atoms with E-state index in [-0.39, 0.29) is 17.5 Å². The summed E-state index contributed by atoms with van der Waals surface area (Å²) in [5, 5.41) is 10.2. The highest BCUT2D eigenvalue weighted by Gasteiger charge is 2.26. The van der Waals surface area contributed by atoms with Crippen LogP contribution in [0.1, 0.15) is 20.8 Å². The van der Waals surface area contributed by atoms with E-state index in [0.29, 0.717) is 5.75 Å². The Morgan fingerprint density at radius 2 is 2.12 bits per heavy atom. The van der Waals surface area contributed by atoms with Crippen molar-refractivity contribution in [2.45, 2.75) is 26.4 Å². The van der Waals surface area contributed by atoms with Crippen LogP contribution in [0, 0.1) is 11.7 Å². The van der Waals surface area contributed by atoms with Crippen molar-refractivity contribution in [2.75, 3.05) is 6.61 Å². The molecule has 1 aromatic carbocycles. The first-order valence-corrected chi connectivity index (χ1v) is 5.51. The molecule has 0 amide bonds. The molecule has 16 heavy (non-hydrogen) atoms. The van der Waals surface area contributed by atoms with E-state index in [1.54, 1.807) is 6.92 Å². The summed E-state index contributed by atoms with van der Waals surface area (Å²) in [6.07, 6.45) is 0. The van der Waals surface area contributed by atoms with Gasteiger partial charge in [-0.2, -0.15) is 0 Å². The molecule has 0 aromatic heterocycles. The standard InChI is InChI=1S/C12H16ClFO2/c1-8(2)12(3,15)7-16-11-5-4-9(14)6-10(11)13/h4-6,8,15H,7H2,1-3H3. The molecule has 0 spiro atoms. The molecule has 0 aliphatic heterocycles. The summed E-state index contributed by atoms with van der Waals surface area (Å²) in [5.41, 5.74) is -0.933. The zero-order valence-electron chi connectivity index (χ0n) is 9.63. The minimum absolute atomic E-state index is 0.0618. The molecule has 0 aliphatic carbocycles. The first kappa shape index (κ1) is 13.3. The van der Waals surface area contributed by atoms with Crippen molar-refractivity contribution >= 4 is 11.6 Å². The van der Waals surface area contributed by atoms with Gasteiger partial charge >= 0.3 is 0 Å². The van der Waals surface area contributed by atoms with E-state index in [9.17, 15) is 9.50 Å². The Hall–Kier alpha value is -0.800. The van der Waals surface area contributed by atoms with Gasteiger partial charge in [0.1, 0.15) is 18.2 Å². The van der Waals surface area contributed by atoms with Gasteiger partial charge in [-0.3, -0.25) is 0 Å². The molecule has 0 bridgehead atoms. The van der Waals surface area contributed by atoms with Gasteiger partial charge in [-0.05, 0) is 31.0 Å². The lowest BCUT2D eigenvalue weighted by Gasteiger charge is -2.27. The predicted octanol–water partition coefficient (Wildman–Crippen LogP) is 3.26. The molecular formula is C12H16ClFO2. The number of rotatable bonds is 4. The van der Waals surface area contributed by atoms with Crippen LogP contribution in [0.5, 0.6) is 5.75 Å². The van der Waals surface area contributed by atoms with Crippen LogP contribution >= 0.6 is 11.6 Å². The number of hydrogen-bond acceptors (Lipinski definition) is 2. The van der Waals surface area contributed by atoms with Crippen molar-refractivity contribution < 1.29 is 14.2 Å². The summed E-state index contributed by atoms with van der Waals surface area (Å²) in [5.74, 6) is 0.0312. The van der Waals surface area contributed by atoms with Crippen molar-refractivity contribution in [2.24, 2.45) is 5.92 Å². The van der Waals surface area contributed by atoms with Gasteiger partial charge in [0.25, 0.3) is 0 Å². The van der Waals surface area contributed by atoms with Gasteiger partial charge < -0.3 is 9.84 Å². The zero-order chi connectivity index (χ0) is 12.3. The molecular weight excluding hydrogens is 231 g/mol. The summed E-state index contributed by atoms with van der Waals surface area (Å²) < 4.78 is 18.1. The van der Waals surface area contributed by atoms with E-state index in [1.165, 1.54) is 18.2 Å². The topological polar surface area (TPSA) is 29.5 Å². The third-order valence-electron chi connectivity index (χ3n) is 2.66. The molecule has 0 radical (unpaired) electrons. The van der Waals surface area contributed by atoms with Crippen molar-refractivity contribution in [1.29, 1.82) is 0 Å². The normalized spacial score (nSPS) is 14.9. The number of ether oxygens (including phenoxy) is 1. The van der Waals surface area contributed by atoms with E-state index in [2.05, 4.69) is 0 Å². The fourth-order valence-corrected chi connectivity index (χ4v) is 1.20. The second kappa shape index (κ2) is 5.02. The smallest absolute Gasteiger partial charge is 0.138 e. The lowest BCUT2D eigenvalue weighted by molar-refractivity contribution is -0.0266. The van der Waals surface area contributed by atoms with Crippen LogP contribution < -0.4 is 4.74 Å². The van der Waals surface area contributed by atoms with E-state index >= 15 is 0 Å². The van der Waals surface area contributed by atoms with Gasteiger partial charge in [0.15, 0.2) is 0 Å². The Labute approximate surface area is 100.0 Å². The molecule has 0 saturated carbocycles. The average Bonchev–Trinajstić information content (AvgIpc) is 2.16. The second-order valence-electron chi connectivity index (χ2n) is 4.38. The molecule has 1 aromatic rings. The fourth-order valence-electron chi connectivity index (χ4n) is 0.983. The van der Waals surface area contributed by atoms with E-state index in [1.807, 2.05) is 13.8 Å². The van der Waals surface area contributed by atoms with Crippen LogP contribution in [0.3, 0.4) is 0 Å². The monoisotopic (exact) mass is 246 g/mol. The number of hydrogen-bond donors (Lipinski definition) is 1. The maximum atomic E-state index is 12.8. The Morgan fingerprint density at radius 1 is 1.50 bits per heavy atom. The molecule has 0 aliphatic rings. The molecule has 4 heteroatoms. The van der Waals surface area contributed by atoms with Crippen molar-refractivity contribution in [1.82, 2.24) is 0 Å². The Balaban J connectivity index is 2.68. The second-order valence-corrected chi connectivity index (χ2v) is 4.78. The molecule has 90 valence electrons. The Kier molecular flexibility index (Phi) is 4.16. The Bertz CT molecular complexity index is 364. The highest BCUT2D eigenvalue weighted by Crippen LogP contribution is 2.26. The van der Waals surface area contributed by atoms with Crippen molar-refractivity contribution in [3.05, 3.63) is 29.0 Å². The molecule has 1 rings (SSSR count). The largest absolute Gasteiger partial charge is 0.489 e. The number of benzene rings is 1. The van der Waals surface area contributed by atoms with Gasteiger partial charge in [0.2, 0.25) is 0 Å². The molecule has 0 fully saturated rings. The van der Waals surface area contributed by atoms with Crippen LogP contribution in [-0.2, 0) is 0 Å². The highest BCUT2D eigenvalue weighted by atomic mass is 35.5. The molecule has 0 heterocycles. The van der Waals surface area contributed by atoms with Crippen LogP contribution in [0.2, 0.25) is 5.02 Å². The first-order valence-electron chi connectivity index (χ1n) is 5.13. The minimum atomic E-state index is -0.933. The van der Waals surface area contributed by atoms with Gasteiger partial charge in [0.05, 0.1) is 10.6 Å². The Morgan fingerprint density at radius 3 is 2.62 bits per heavy atom. The first-order chi connectivity index (χ1) is 7.33. The summed E-state index contributed by atoms with van der Waals surface area (Å²) >= 11 is 5.79. The molecule has 0 saturated heterocycles. The van der Waals surface area contributed by atoms with Crippen LogP contribution in [0.4, 0.5) is 4.39 Å². The van der Waals surface area contributed by atoms with E-state index < -0.39 is 11.4 Å². The van der Waals surface area contributed by atoms with Crippen LogP contribution in [-0.4, -0.2) is 17.3 Å². The van der Waals surface area contributed by atoms with Crippen LogP contribution in [0.25, 0.3) is 0 Å². The maximum absolute atomic E-state index is 12.8. The highest BCUT2D eigenvalue weighted by molar-refractivity contribution is 6.32. The summed E-state index contributed by atoms with van der Waals surface area (Å²) in [4.78, 5) is 0. The quantitative estimate of drug-likeness (QED) is 0.884. The molecule has 2 nitrogen and oxygen atoms in total. The summed E-state index contributed by atoms with van der Waals surface area (Å²) in [6, 6.07) is 3.90. The number of halogens is 2. The zero-order valence-corrected chi connectivity index (χ0v) is 10.4. The fraction of sp³-hybridized carbons (Fsp3) is 0.500. The van der Waals surface area contributed by atoms with E-state index in [0.717, 1.165) is 0 Å². The molecule has 1 atom stereocenters. The van der Waals surface area contributed by atoms with Gasteiger partial charge in [-0.15, -0.1) is 0 Å². The third-order valence-corrected chi connectivity index (χ3v) is 2.95. The maximum Gasteiger partial charge on any atom is 0.138 e. The summed E-state index contributed by atoms with van der Waals surface area (Å²) in [6.45, 7) is 5.61. The average molecular weight is 247 g/mol. The lowest BCUT2D eigenvalue weighted by Crippen LogP contribution is -2.37. The van der Waals surface area contributed by atoms with Gasteiger partial charge in [-0.25, -0.2) is 4.39 Å². The third kappa shape index (κ3) is 3.35. The van der Waals surface area contributed by atoms with E-state index in [4.69, 9.17) is 16.3 Å². The summed E-state index contributed by atoms with van der Waals surface area (Å²) in [7, 11) is 0. The van der Waals surface area contributed by atoms with Gasteiger partial charge in [0, 0.05) is 0 Å². The predicted molar refractivity (Wildman–Crippen MR) is 62.4 cm³/mol. The van der Waals surface area contributed by atoms with Crippen molar-refractivity contribution in [3.8, 4) is 5.75 Å². The van der Waals surface area contributed by atoms with Crippen LogP contribution in [0.15, 0.2) is 18.2 Å². The molecule has 1 unspecified atom stereocenters. The number of aliphatic hydroxyl groups is 1. The minimum Gasteiger partial charge on any atom is -0.489 e. The molecule has 1 N–H and O–H groups in total. The van der Waals surface area contributed by atoms with Gasteiger partial charge in [-0.1, -0.05) is 25.4 Å². The van der Waals surface area contributed by atoms with Crippen molar-refractivity contribution in [3.63, 3.8) is 0 Å². The SMILES string of the molecule is CC(C)C(C)(O)COc1ccc(F)cc1Cl.